The molecule has 2 rings (SSSR count). The summed E-state index contributed by atoms with van der Waals surface area (Å²) in [6.45, 7) is 9.14. The number of nitrogens with one attached hydrogen (secondary N) is 2. The summed E-state index contributed by atoms with van der Waals surface area (Å²) >= 11 is 0. The van der Waals surface area contributed by atoms with E-state index in [1.165, 1.54) is 12.0 Å². The average molecular weight is 232 g/mol. The maximum absolute atomic E-state index is 3.76. The molecule has 0 bridgehead atoms. The molecule has 0 spiro atoms. The first-order valence-corrected chi connectivity index (χ1v) is 6.56. The second kappa shape index (κ2) is 5.19. The quantitative estimate of drug-likeness (QED) is 0.834. The lowest BCUT2D eigenvalue weighted by Gasteiger charge is -2.35. The Kier molecular flexibility index (Phi) is 3.85. The Morgan fingerprint density at radius 3 is 2.35 bits per heavy atom. The first-order valence-electron chi connectivity index (χ1n) is 6.56. The van der Waals surface area contributed by atoms with Crippen molar-refractivity contribution in [1.82, 2.24) is 10.6 Å². The smallest absolute Gasteiger partial charge is 0.0328 e. The summed E-state index contributed by atoms with van der Waals surface area (Å²) in [6, 6.07) is 11.9. The van der Waals surface area contributed by atoms with Crippen LogP contribution in [0.4, 0.5) is 0 Å². The Morgan fingerprint density at radius 1 is 1.24 bits per heavy atom. The van der Waals surface area contributed by atoms with Gasteiger partial charge in [0.2, 0.25) is 0 Å². The highest BCUT2D eigenvalue weighted by molar-refractivity contribution is 5.19. The van der Waals surface area contributed by atoms with Crippen LogP contribution in [-0.2, 0) is 0 Å². The van der Waals surface area contributed by atoms with E-state index in [2.05, 4.69) is 61.7 Å². The van der Waals surface area contributed by atoms with Crippen LogP contribution in [0, 0.1) is 5.41 Å². The van der Waals surface area contributed by atoms with Gasteiger partial charge < -0.3 is 10.6 Å². The van der Waals surface area contributed by atoms with Crippen molar-refractivity contribution in [3.8, 4) is 0 Å². The summed E-state index contributed by atoms with van der Waals surface area (Å²) in [5.41, 5.74) is 1.76. The fraction of sp³-hybridized carbons (Fsp3) is 0.600. The van der Waals surface area contributed by atoms with E-state index < -0.39 is 0 Å². The molecule has 1 saturated heterocycles. The van der Waals surface area contributed by atoms with Crippen LogP contribution < -0.4 is 10.6 Å². The van der Waals surface area contributed by atoms with Crippen LogP contribution in [0.1, 0.15) is 38.8 Å². The fourth-order valence-electron chi connectivity index (χ4n) is 2.26. The van der Waals surface area contributed by atoms with Gasteiger partial charge in [0.05, 0.1) is 0 Å². The SMILES string of the molecule is CC(C)(C)CC(NC1CNC1)c1ccccc1. The van der Waals surface area contributed by atoms with Crippen LogP contribution in [0.2, 0.25) is 0 Å². The van der Waals surface area contributed by atoms with Gasteiger partial charge in [0.1, 0.15) is 0 Å². The van der Waals surface area contributed by atoms with Gasteiger partial charge in [-0.2, -0.15) is 0 Å². The standard InChI is InChI=1S/C15H24N2/c1-15(2,3)9-14(17-13-10-16-11-13)12-7-5-4-6-8-12/h4-8,13-14,16-17H,9-11H2,1-3H3. The Balaban J connectivity index is 2.06. The molecule has 1 unspecified atom stereocenters. The minimum Gasteiger partial charge on any atom is -0.314 e. The topological polar surface area (TPSA) is 24.1 Å². The van der Waals surface area contributed by atoms with Crippen molar-refractivity contribution >= 4 is 0 Å². The summed E-state index contributed by atoms with van der Waals surface area (Å²) in [5.74, 6) is 0. The summed E-state index contributed by atoms with van der Waals surface area (Å²) in [6.07, 6.45) is 1.17. The molecule has 17 heavy (non-hydrogen) atoms. The van der Waals surface area contributed by atoms with E-state index in [1.807, 2.05) is 0 Å². The monoisotopic (exact) mass is 232 g/mol. The molecule has 0 radical (unpaired) electrons. The van der Waals surface area contributed by atoms with Gasteiger partial charge in [0.25, 0.3) is 0 Å². The predicted molar refractivity (Wildman–Crippen MR) is 73.0 cm³/mol. The zero-order chi connectivity index (χ0) is 12.3. The van der Waals surface area contributed by atoms with Crippen molar-refractivity contribution in [3.63, 3.8) is 0 Å². The van der Waals surface area contributed by atoms with Crippen molar-refractivity contribution in [2.75, 3.05) is 13.1 Å². The maximum Gasteiger partial charge on any atom is 0.0328 e. The molecule has 1 heterocycles. The van der Waals surface area contributed by atoms with Crippen molar-refractivity contribution in [2.24, 2.45) is 5.41 Å². The van der Waals surface area contributed by atoms with Crippen LogP contribution in [0.3, 0.4) is 0 Å². The van der Waals surface area contributed by atoms with Gasteiger partial charge in [-0.3, -0.25) is 0 Å². The molecule has 0 aliphatic carbocycles. The first kappa shape index (κ1) is 12.6. The molecule has 1 aromatic carbocycles. The third kappa shape index (κ3) is 3.83. The number of rotatable bonds is 4. The molecule has 2 nitrogen and oxygen atoms in total. The molecule has 94 valence electrons. The largest absolute Gasteiger partial charge is 0.314 e. The summed E-state index contributed by atoms with van der Waals surface area (Å²) in [7, 11) is 0. The molecule has 1 aliphatic heterocycles. The number of hydrogen-bond acceptors (Lipinski definition) is 2. The molecule has 0 saturated carbocycles. The lowest BCUT2D eigenvalue weighted by atomic mass is 9.85. The highest BCUT2D eigenvalue weighted by Gasteiger charge is 2.25. The normalized spacial score (nSPS) is 18.8. The van der Waals surface area contributed by atoms with Crippen molar-refractivity contribution in [3.05, 3.63) is 35.9 Å². The minimum atomic E-state index is 0.352. The third-order valence-corrected chi connectivity index (χ3v) is 3.24. The highest BCUT2D eigenvalue weighted by Crippen LogP contribution is 2.29. The molecular weight excluding hydrogens is 208 g/mol. The van der Waals surface area contributed by atoms with Gasteiger partial charge in [0, 0.05) is 25.2 Å². The lowest BCUT2D eigenvalue weighted by Crippen LogP contribution is -2.56. The van der Waals surface area contributed by atoms with Gasteiger partial charge in [-0.25, -0.2) is 0 Å². The lowest BCUT2D eigenvalue weighted by molar-refractivity contribution is 0.262. The van der Waals surface area contributed by atoms with Crippen molar-refractivity contribution in [2.45, 2.75) is 39.3 Å². The second-order valence-electron chi connectivity index (χ2n) is 6.25. The van der Waals surface area contributed by atoms with Crippen LogP contribution >= 0.6 is 0 Å². The average Bonchev–Trinajstić information content (AvgIpc) is 2.21. The molecule has 1 fully saturated rings. The Morgan fingerprint density at radius 2 is 1.88 bits per heavy atom. The maximum atomic E-state index is 3.76. The van der Waals surface area contributed by atoms with Gasteiger partial charge in [-0.1, -0.05) is 51.1 Å². The number of benzene rings is 1. The van der Waals surface area contributed by atoms with Gasteiger partial charge in [0.15, 0.2) is 0 Å². The summed E-state index contributed by atoms with van der Waals surface area (Å²) < 4.78 is 0. The minimum absolute atomic E-state index is 0.352. The zero-order valence-electron chi connectivity index (χ0n) is 11.2. The summed E-state index contributed by atoms with van der Waals surface area (Å²) in [4.78, 5) is 0. The Hall–Kier alpha value is -0.860. The predicted octanol–water partition coefficient (Wildman–Crippen LogP) is 2.73. The van der Waals surface area contributed by atoms with E-state index in [1.54, 1.807) is 0 Å². The fourth-order valence-corrected chi connectivity index (χ4v) is 2.26. The molecule has 1 aliphatic rings. The second-order valence-corrected chi connectivity index (χ2v) is 6.25. The van der Waals surface area contributed by atoms with E-state index in [4.69, 9.17) is 0 Å². The van der Waals surface area contributed by atoms with Crippen LogP contribution in [-0.4, -0.2) is 19.1 Å². The Bertz CT molecular complexity index is 336. The highest BCUT2D eigenvalue weighted by atomic mass is 15.1. The van der Waals surface area contributed by atoms with E-state index in [0.29, 0.717) is 17.5 Å². The van der Waals surface area contributed by atoms with E-state index >= 15 is 0 Å². The van der Waals surface area contributed by atoms with E-state index in [0.717, 1.165) is 13.1 Å². The third-order valence-electron chi connectivity index (χ3n) is 3.24. The van der Waals surface area contributed by atoms with Crippen LogP contribution in [0.5, 0.6) is 0 Å². The number of hydrogen-bond donors (Lipinski definition) is 2. The van der Waals surface area contributed by atoms with Crippen LogP contribution in [0.15, 0.2) is 30.3 Å². The van der Waals surface area contributed by atoms with Gasteiger partial charge >= 0.3 is 0 Å². The molecule has 1 atom stereocenters. The molecule has 2 N–H and O–H groups in total. The molecule has 1 aromatic rings. The molecule has 0 amide bonds. The zero-order valence-corrected chi connectivity index (χ0v) is 11.2. The Labute approximate surface area is 105 Å². The van der Waals surface area contributed by atoms with Crippen molar-refractivity contribution in [1.29, 1.82) is 0 Å². The van der Waals surface area contributed by atoms with E-state index in [-0.39, 0.29) is 0 Å². The molecule has 2 heteroatoms. The molecule has 0 aromatic heterocycles. The van der Waals surface area contributed by atoms with Crippen LogP contribution in [0.25, 0.3) is 0 Å². The molecular formula is C15H24N2. The van der Waals surface area contributed by atoms with Gasteiger partial charge in [-0.15, -0.1) is 0 Å². The van der Waals surface area contributed by atoms with E-state index in [9.17, 15) is 0 Å². The van der Waals surface area contributed by atoms with Crippen molar-refractivity contribution < 1.29 is 0 Å². The first-order chi connectivity index (χ1) is 8.04. The van der Waals surface area contributed by atoms with Gasteiger partial charge in [-0.05, 0) is 17.4 Å². The summed E-state index contributed by atoms with van der Waals surface area (Å²) in [5, 5.41) is 7.08.